The molecule has 1 aromatic carbocycles. The zero-order valence-electron chi connectivity index (χ0n) is 19.1. The zero-order chi connectivity index (χ0) is 22.7. The maximum atomic E-state index is 13.2. The van der Waals surface area contributed by atoms with Gasteiger partial charge in [0.15, 0.2) is 0 Å². The Balaban J connectivity index is 1.63. The van der Waals surface area contributed by atoms with E-state index in [0.29, 0.717) is 24.0 Å². The van der Waals surface area contributed by atoms with Gasteiger partial charge in [-0.25, -0.2) is 9.97 Å². The number of anilines is 1. The number of aromatic nitrogens is 2. The summed E-state index contributed by atoms with van der Waals surface area (Å²) < 4.78 is 0. The summed E-state index contributed by atoms with van der Waals surface area (Å²) in [5, 5.41) is 0. The topological polar surface area (TPSA) is 92.4 Å². The zero-order valence-corrected chi connectivity index (χ0v) is 19.1. The van der Waals surface area contributed by atoms with Gasteiger partial charge in [-0.3, -0.25) is 9.59 Å². The number of amides is 2. The average Bonchev–Trinajstić information content (AvgIpc) is 2.84. The number of carbonyl (C=O) groups excluding carboxylic acids is 2. The molecule has 0 unspecified atom stereocenters. The first-order valence-corrected chi connectivity index (χ1v) is 11.7. The average molecular weight is 436 g/mol. The lowest BCUT2D eigenvalue weighted by molar-refractivity contribution is -0.137. The molecule has 0 radical (unpaired) electrons. The number of carbonyl (C=O) groups is 2. The normalized spacial score (nSPS) is 19.6. The molecule has 0 spiro atoms. The highest BCUT2D eigenvalue weighted by Gasteiger charge is 2.32. The van der Waals surface area contributed by atoms with Crippen LogP contribution >= 0.6 is 0 Å². The van der Waals surface area contributed by atoms with Crippen LogP contribution in [0.25, 0.3) is 11.1 Å². The summed E-state index contributed by atoms with van der Waals surface area (Å²) in [4.78, 5) is 38.1. The number of likely N-dealkylation sites (tertiary alicyclic amines) is 1. The lowest BCUT2D eigenvalue weighted by atomic mass is 9.86. The van der Waals surface area contributed by atoms with E-state index in [0.717, 1.165) is 61.9 Å². The highest BCUT2D eigenvalue weighted by atomic mass is 16.2. The Morgan fingerprint density at radius 1 is 1.03 bits per heavy atom. The van der Waals surface area contributed by atoms with E-state index >= 15 is 0 Å². The maximum absolute atomic E-state index is 13.2. The van der Waals surface area contributed by atoms with Crippen molar-refractivity contribution in [2.45, 2.75) is 50.9 Å². The molecule has 7 nitrogen and oxygen atoms in total. The van der Waals surface area contributed by atoms with E-state index in [1.54, 1.807) is 12.1 Å². The molecule has 1 aliphatic carbocycles. The molecular weight excluding hydrogens is 402 g/mol. The molecule has 1 atom stereocenters. The molecule has 1 aliphatic heterocycles. The van der Waals surface area contributed by atoms with E-state index < -0.39 is 5.91 Å². The second-order valence-electron chi connectivity index (χ2n) is 9.26. The first kappa shape index (κ1) is 22.2. The summed E-state index contributed by atoms with van der Waals surface area (Å²) in [5.41, 5.74) is 8.74. The standard InChI is InChI=1S/C25H33N5O2/c1-29(2)25-27-15-21(17-10-12-18(13-11-17)23(26)31)22(28-25)20-9-6-14-30(16-20)24(32)19-7-4-3-5-8-19/h10-13,15,19-20H,3-9,14,16H2,1-2H3,(H2,26,31)/t20-/m1/s1. The van der Waals surface area contributed by atoms with Crippen molar-refractivity contribution in [1.29, 1.82) is 0 Å². The number of hydrogen-bond donors (Lipinski definition) is 1. The van der Waals surface area contributed by atoms with Crippen LogP contribution < -0.4 is 10.6 Å². The van der Waals surface area contributed by atoms with Crippen LogP contribution in [0.3, 0.4) is 0 Å². The van der Waals surface area contributed by atoms with Gasteiger partial charge in [0.2, 0.25) is 17.8 Å². The number of nitrogens with two attached hydrogens (primary N) is 1. The van der Waals surface area contributed by atoms with Crippen molar-refractivity contribution >= 4 is 17.8 Å². The number of benzene rings is 1. The minimum atomic E-state index is -0.444. The quantitative estimate of drug-likeness (QED) is 0.775. The van der Waals surface area contributed by atoms with Crippen molar-refractivity contribution in [1.82, 2.24) is 14.9 Å². The van der Waals surface area contributed by atoms with E-state index in [-0.39, 0.29) is 11.8 Å². The van der Waals surface area contributed by atoms with Crippen LogP contribution in [0.2, 0.25) is 0 Å². The van der Waals surface area contributed by atoms with Gasteiger partial charge >= 0.3 is 0 Å². The second-order valence-corrected chi connectivity index (χ2v) is 9.26. The molecular formula is C25H33N5O2. The van der Waals surface area contributed by atoms with Crippen LogP contribution in [0.15, 0.2) is 30.5 Å². The van der Waals surface area contributed by atoms with Crippen molar-refractivity contribution in [2.24, 2.45) is 11.7 Å². The molecule has 7 heteroatoms. The molecule has 1 aromatic heterocycles. The summed E-state index contributed by atoms with van der Waals surface area (Å²) in [7, 11) is 3.86. The summed E-state index contributed by atoms with van der Waals surface area (Å²) in [6.07, 6.45) is 9.45. The number of primary amides is 1. The van der Waals surface area contributed by atoms with Crippen molar-refractivity contribution in [3.05, 3.63) is 41.7 Å². The number of hydrogen-bond acceptors (Lipinski definition) is 5. The number of nitrogens with zero attached hydrogens (tertiary/aromatic N) is 4. The summed E-state index contributed by atoms with van der Waals surface area (Å²) in [5.74, 6) is 0.881. The van der Waals surface area contributed by atoms with Gasteiger partial charge in [0.25, 0.3) is 0 Å². The largest absolute Gasteiger partial charge is 0.366 e. The Hall–Kier alpha value is -2.96. The van der Waals surface area contributed by atoms with Crippen LogP contribution in [-0.2, 0) is 4.79 Å². The van der Waals surface area contributed by atoms with Gasteiger partial charge in [-0.15, -0.1) is 0 Å². The van der Waals surface area contributed by atoms with Crippen LogP contribution in [0, 0.1) is 5.92 Å². The van der Waals surface area contributed by atoms with E-state index in [1.807, 2.05) is 37.3 Å². The van der Waals surface area contributed by atoms with E-state index in [9.17, 15) is 9.59 Å². The smallest absolute Gasteiger partial charge is 0.248 e. The minimum Gasteiger partial charge on any atom is -0.366 e. The second kappa shape index (κ2) is 9.67. The summed E-state index contributed by atoms with van der Waals surface area (Å²) >= 11 is 0. The molecule has 170 valence electrons. The lowest BCUT2D eigenvalue weighted by Gasteiger charge is -2.36. The van der Waals surface area contributed by atoms with Gasteiger partial charge < -0.3 is 15.5 Å². The Morgan fingerprint density at radius 3 is 2.41 bits per heavy atom. The predicted octanol–water partition coefficient (Wildman–Crippen LogP) is 3.59. The Kier molecular flexibility index (Phi) is 6.72. The van der Waals surface area contributed by atoms with Crippen LogP contribution in [0.1, 0.15) is 66.9 Å². The van der Waals surface area contributed by atoms with Gasteiger partial charge in [0, 0.05) is 56.3 Å². The molecule has 4 rings (SSSR count). The lowest BCUT2D eigenvalue weighted by Crippen LogP contribution is -2.43. The number of piperidine rings is 1. The summed E-state index contributed by atoms with van der Waals surface area (Å²) in [6.45, 7) is 1.53. The highest BCUT2D eigenvalue weighted by Crippen LogP contribution is 2.35. The molecule has 2 heterocycles. The molecule has 32 heavy (non-hydrogen) atoms. The van der Waals surface area contributed by atoms with Crippen molar-refractivity contribution in [2.75, 3.05) is 32.1 Å². The SMILES string of the molecule is CN(C)c1ncc(-c2ccc(C(N)=O)cc2)c([C@@H]2CCCN(C(=O)C3CCCCC3)C2)n1. The van der Waals surface area contributed by atoms with Gasteiger partial charge in [0.05, 0.1) is 5.69 Å². The summed E-state index contributed by atoms with van der Waals surface area (Å²) in [6, 6.07) is 7.26. The van der Waals surface area contributed by atoms with Gasteiger partial charge in [-0.1, -0.05) is 31.4 Å². The van der Waals surface area contributed by atoms with Gasteiger partial charge in [-0.05, 0) is 43.4 Å². The third kappa shape index (κ3) is 4.76. The van der Waals surface area contributed by atoms with Crippen LogP contribution in [0.5, 0.6) is 0 Å². The third-order valence-electron chi connectivity index (χ3n) is 6.76. The fourth-order valence-corrected chi connectivity index (χ4v) is 4.96. The predicted molar refractivity (Wildman–Crippen MR) is 125 cm³/mol. The third-order valence-corrected chi connectivity index (χ3v) is 6.76. The highest BCUT2D eigenvalue weighted by molar-refractivity contribution is 5.93. The molecule has 1 saturated carbocycles. The van der Waals surface area contributed by atoms with Crippen molar-refractivity contribution in [3.63, 3.8) is 0 Å². The minimum absolute atomic E-state index is 0.156. The molecule has 2 aliphatic rings. The molecule has 2 N–H and O–H groups in total. The van der Waals surface area contributed by atoms with Crippen molar-refractivity contribution in [3.8, 4) is 11.1 Å². The van der Waals surface area contributed by atoms with Crippen molar-refractivity contribution < 1.29 is 9.59 Å². The van der Waals surface area contributed by atoms with E-state index in [4.69, 9.17) is 10.7 Å². The molecule has 1 saturated heterocycles. The van der Waals surface area contributed by atoms with Crippen LogP contribution in [0.4, 0.5) is 5.95 Å². The molecule has 2 aromatic rings. The fourth-order valence-electron chi connectivity index (χ4n) is 4.96. The molecule has 0 bridgehead atoms. The van der Waals surface area contributed by atoms with Gasteiger partial charge in [0.1, 0.15) is 0 Å². The van der Waals surface area contributed by atoms with Gasteiger partial charge in [-0.2, -0.15) is 0 Å². The molecule has 2 fully saturated rings. The first-order valence-electron chi connectivity index (χ1n) is 11.7. The monoisotopic (exact) mass is 435 g/mol. The van der Waals surface area contributed by atoms with E-state index in [2.05, 4.69) is 9.88 Å². The Labute approximate surface area is 190 Å². The number of rotatable bonds is 5. The van der Waals surface area contributed by atoms with E-state index in [1.165, 1.54) is 6.42 Å². The van der Waals surface area contributed by atoms with Crippen LogP contribution in [-0.4, -0.2) is 53.9 Å². The molecule has 2 amide bonds. The fraction of sp³-hybridized carbons (Fsp3) is 0.520. The Bertz CT molecular complexity index is 967. The first-order chi connectivity index (χ1) is 15.4. The maximum Gasteiger partial charge on any atom is 0.248 e. The Morgan fingerprint density at radius 2 is 1.75 bits per heavy atom.